The van der Waals surface area contributed by atoms with Crippen molar-refractivity contribution in [1.29, 1.82) is 0 Å². The average Bonchev–Trinajstić information content (AvgIpc) is 3.33. The molecule has 0 spiro atoms. The van der Waals surface area contributed by atoms with E-state index in [0.29, 0.717) is 0 Å². The fraction of sp³-hybridized carbons (Fsp3) is 0.682. The average molecular weight is 422 g/mol. The van der Waals surface area contributed by atoms with Crippen LogP contribution in [0.15, 0.2) is 30.3 Å². The Hall–Kier alpha value is -1.55. The minimum Gasteiger partial charge on any atom is -0.460 e. The second kappa shape index (κ2) is 8.18. The van der Waals surface area contributed by atoms with Crippen LogP contribution < -0.4 is 0 Å². The summed E-state index contributed by atoms with van der Waals surface area (Å²) in [4.78, 5) is 13.2. The highest BCUT2D eigenvalue weighted by atomic mass is 16.8. The molecule has 1 aromatic carbocycles. The Morgan fingerprint density at radius 1 is 1.10 bits per heavy atom. The fourth-order valence-corrected chi connectivity index (χ4v) is 4.29. The lowest BCUT2D eigenvalue weighted by molar-refractivity contribution is -0.200. The minimum atomic E-state index is -1.19. The van der Waals surface area contributed by atoms with Gasteiger partial charge < -0.3 is 33.5 Å². The monoisotopic (exact) mass is 422 g/mol. The van der Waals surface area contributed by atoms with Gasteiger partial charge in [0.2, 0.25) is 0 Å². The maximum atomic E-state index is 13.2. The number of hydrogen-bond donors (Lipinski definition) is 1. The highest BCUT2D eigenvalue weighted by Crippen LogP contribution is 2.40. The molecule has 3 aliphatic rings. The van der Waals surface area contributed by atoms with Crippen molar-refractivity contribution >= 4 is 5.97 Å². The number of benzene rings is 1. The van der Waals surface area contributed by atoms with Crippen LogP contribution in [0.25, 0.3) is 0 Å². The summed E-state index contributed by atoms with van der Waals surface area (Å²) in [6.07, 6.45) is -3.39. The summed E-state index contributed by atoms with van der Waals surface area (Å²) in [7, 11) is 0. The summed E-state index contributed by atoms with van der Waals surface area (Å²) < 4.78 is 34.7. The molecule has 8 heteroatoms. The molecule has 3 saturated heterocycles. The van der Waals surface area contributed by atoms with Gasteiger partial charge in [-0.2, -0.15) is 0 Å². The van der Waals surface area contributed by atoms with Crippen LogP contribution in [-0.2, 0) is 39.8 Å². The van der Waals surface area contributed by atoms with Crippen molar-refractivity contribution in [2.45, 2.75) is 76.4 Å². The van der Waals surface area contributed by atoms with E-state index in [0.717, 1.165) is 5.56 Å². The molecule has 3 heterocycles. The number of fused-ring (bicyclic) bond motifs is 1. The van der Waals surface area contributed by atoms with E-state index in [4.69, 9.17) is 28.4 Å². The molecule has 3 aliphatic heterocycles. The predicted molar refractivity (Wildman–Crippen MR) is 104 cm³/mol. The number of aliphatic hydroxyl groups excluding tert-OH is 1. The van der Waals surface area contributed by atoms with Gasteiger partial charge in [-0.05, 0) is 33.3 Å². The minimum absolute atomic E-state index is 0.0973. The summed E-state index contributed by atoms with van der Waals surface area (Å²) >= 11 is 0. The first-order valence-electron chi connectivity index (χ1n) is 10.3. The van der Waals surface area contributed by atoms with E-state index in [1.165, 1.54) is 0 Å². The smallest absolute Gasteiger partial charge is 0.314 e. The zero-order valence-electron chi connectivity index (χ0n) is 17.8. The molecule has 4 rings (SSSR count). The second-order valence-electron chi connectivity index (χ2n) is 8.91. The predicted octanol–water partition coefficient (Wildman–Crippen LogP) is 1.78. The van der Waals surface area contributed by atoms with Gasteiger partial charge in [0.1, 0.15) is 36.9 Å². The number of ether oxygens (including phenoxy) is 6. The van der Waals surface area contributed by atoms with Crippen molar-refractivity contribution in [2.24, 2.45) is 5.92 Å². The maximum absolute atomic E-state index is 13.2. The van der Waals surface area contributed by atoms with Crippen LogP contribution in [0.1, 0.15) is 33.3 Å². The van der Waals surface area contributed by atoms with Crippen LogP contribution in [0.5, 0.6) is 0 Å². The maximum Gasteiger partial charge on any atom is 0.314 e. The van der Waals surface area contributed by atoms with Crippen molar-refractivity contribution in [3.63, 3.8) is 0 Å². The third-order valence-electron chi connectivity index (χ3n) is 5.63. The van der Waals surface area contributed by atoms with Gasteiger partial charge >= 0.3 is 5.97 Å². The molecule has 3 fully saturated rings. The van der Waals surface area contributed by atoms with Crippen LogP contribution in [0.2, 0.25) is 0 Å². The van der Waals surface area contributed by atoms with Crippen molar-refractivity contribution < 1.29 is 38.3 Å². The second-order valence-corrected chi connectivity index (χ2v) is 8.91. The van der Waals surface area contributed by atoms with Gasteiger partial charge in [0, 0.05) is 0 Å². The van der Waals surface area contributed by atoms with Crippen molar-refractivity contribution in [3.05, 3.63) is 35.9 Å². The standard InChI is InChI=1S/C22H30O8/c1-21(2)27-12-14(28-21)17(23)16(20(24)26-10-13-8-6-5-7-9-13)19-18-15(11-25-19)29-22(3,4)30-18/h5-9,14-19,23H,10-12H2,1-4H3/t14-,15-,16+,17+,18-,19+/m1/s1. The molecule has 166 valence electrons. The Morgan fingerprint density at radius 3 is 2.50 bits per heavy atom. The number of rotatable bonds is 6. The van der Waals surface area contributed by atoms with E-state index in [-0.39, 0.29) is 25.9 Å². The van der Waals surface area contributed by atoms with Crippen LogP contribution in [0, 0.1) is 5.92 Å². The third kappa shape index (κ3) is 4.54. The summed E-state index contributed by atoms with van der Waals surface area (Å²) in [5, 5.41) is 11.1. The quantitative estimate of drug-likeness (QED) is 0.694. The topological polar surface area (TPSA) is 92.7 Å². The lowest BCUT2D eigenvalue weighted by atomic mass is 9.89. The number of carbonyl (C=O) groups is 1. The van der Waals surface area contributed by atoms with E-state index >= 15 is 0 Å². The molecule has 8 nitrogen and oxygen atoms in total. The van der Waals surface area contributed by atoms with E-state index in [2.05, 4.69) is 0 Å². The lowest BCUT2D eigenvalue weighted by Gasteiger charge is -2.32. The van der Waals surface area contributed by atoms with E-state index in [9.17, 15) is 9.90 Å². The number of carbonyl (C=O) groups excluding carboxylic acids is 1. The Labute approximate surface area is 176 Å². The van der Waals surface area contributed by atoms with Gasteiger partial charge in [0.25, 0.3) is 0 Å². The lowest BCUT2D eigenvalue weighted by Crippen LogP contribution is -2.50. The van der Waals surface area contributed by atoms with Gasteiger partial charge in [-0.3, -0.25) is 4.79 Å². The van der Waals surface area contributed by atoms with Crippen molar-refractivity contribution in [1.82, 2.24) is 0 Å². The Kier molecular flexibility index (Phi) is 5.91. The molecular weight excluding hydrogens is 392 g/mol. The van der Waals surface area contributed by atoms with Crippen LogP contribution in [0.4, 0.5) is 0 Å². The normalized spacial score (nSPS) is 33.8. The third-order valence-corrected chi connectivity index (χ3v) is 5.63. The zero-order valence-corrected chi connectivity index (χ0v) is 17.8. The van der Waals surface area contributed by atoms with E-state index in [1.54, 1.807) is 13.8 Å². The molecule has 0 bridgehead atoms. The Morgan fingerprint density at radius 2 is 1.83 bits per heavy atom. The molecule has 0 aromatic heterocycles. The van der Waals surface area contributed by atoms with Gasteiger partial charge in [-0.15, -0.1) is 0 Å². The molecule has 6 atom stereocenters. The van der Waals surface area contributed by atoms with Gasteiger partial charge in [-0.25, -0.2) is 0 Å². The molecule has 0 aliphatic carbocycles. The number of aliphatic hydroxyl groups is 1. The van der Waals surface area contributed by atoms with Gasteiger partial charge in [0.05, 0.1) is 19.3 Å². The number of hydrogen-bond acceptors (Lipinski definition) is 8. The summed E-state index contributed by atoms with van der Waals surface area (Å²) in [6, 6.07) is 9.37. The highest BCUT2D eigenvalue weighted by molar-refractivity contribution is 5.74. The molecule has 0 unspecified atom stereocenters. The van der Waals surface area contributed by atoms with Gasteiger partial charge in [-0.1, -0.05) is 30.3 Å². The molecular formula is C22H30O8. The Bertz CT molecular complexity index is 749. The SMILES string of the molecule is CC1(C)OC[C@H]([C@H](O)[C@H](C(=O)OCc2ccccc2)[C@@H]2OC[C@H]3OC(C)(C)O[C@@H]23)O1. The number of esters is 1. The van der Waals surface area contributed by atoms with Gasteiger partial charge in [0.15, 0.2) is 11.6 Å². The Balaban J connectivity index is 1.53. The van der Waals surface area contributed by atoms with Crippen molar-refractivity contribution in [3.8, 4) is 0 Å². The molecule has 30 heavy (non-hydrogen) atoms. The summed E-state index contributed by atoms with van der Waals surface area (Å²) in [5.74, 6) is -3.20. The highest BCUT2D eigenvalue weighted by Gasteiger charge is 2.57. The first-order chi connectivity index (χ1) is 14.2. The van der Waals surface area contributed by atoms with E-state index in [1.807, 2.05) is 44.2 Å². The largest absolute Gasteiger partial charge is 0.460 e. The molecule has 0 amide bonds. The zero-order chi connectivity index (χ0) is 21.5. The molecule has 1 N–H and O–H groups in total. The fourth-order valence-electron chi connectivity index (χ4n) is 4.29. The molecule has 1 aromatic rings. The summed E-state index contributed by atoms with van der Waals surface area (Å²) in [5.41, 5.74) is 0.854. The first kappa shape index (κ1) is 21.7. The first-order valence-corrected chi connectivity index (χ1v) is 10.3. The molecule has 0 saturated carbocycles. The van der Waals surface area contributed by atoms with Crippen molar-refractivity contribution in [2.75, 3.05) is 13.2 Å². The van der Waals surface area contributed by atoms with Crippen LogP contribution in [-0.4, -0.2) is 66.4 Å². The van der Waals surface area contributed by atoms with Crippen LogP contribution in [0.3, 0.4) is 0 Å². The summed E-state index contributed by atoms with van der Waals surface area (Å²) in [6.45, 7) is 7.71. The van der Waals surface area contributed by atoms with Crippen LogP contribution >= 0.6 is 0 Å². The molecule has 0 radical (unpaired) electrons. The van der Waals surface area contributed by atoms with E-state index < -0.39 is 47.9 Å².